The van der Waals surface area contributed by atoms with Crippen molar-refractivity contribution in [3.63, 3.8) is 0 Å². The van der Waals surface area contributed by atoms with Crippen LogP contribution in [-0.2, 0) is 0 Å². The van der Waals surface area contributed by atoms with Crippen LogP contribution >= 0.6 is 0 Å². The Kier molecular flexibility index (Phi) is 1.90. The summed E-state index contributed by atoms with van der Waals surface area (Å²) >= 11 is 0. The van der Waals surface area contributed by atoms with Crippen LogP contribution in [0.1, 0.15) is 6.92 Å². The Hall–Kier alpha value is -1.05. The van der Waals surface area contributed by atoms with E-state index in [9.17, 15) is 4.39 Å². The molecule has 2 heteroatoms. The Morgan fingerprint density at radius 3 is 2.90 bits per heavy atom. The molecular formula is C8H9FO. The van der Waals surface area contributed by atoms with Crippen LogP contribution < -0.4 is 0 Å². The lowest BCUT2D eigenvalue weighted by Crippen LogP contribution is -1.97. The highest BCUT2D eigenvalue weighted by molar-refractivity contribution is 5.29. The number of aliphatic hydroxyl groups is 1. The van der Waals surface area contributed by atoms with Crippen LogP contribution in [0, 0.1) is 0 Å². The molecule has 1 atom stereocenters. The summed E-state index contributed by atoms with van der Waals surface area (Å²) in [5.41, 5.74) is 0.937. The lowest BCUT2D eigenvalue weighted by molar-refractivity contribution is 0.298. The van der Waals surface area contributed by atoms with Gasteiger partial charge in [-0.05, 0) is 19.1 Å². The van der Waals surface area contributed by atoms with Crippen molar-refractivity contribution in [1.29, 1.82) is 0 Å². The zero-order valence-corrected chi connectivity index (χ0v) is 5.71. The molecule has 0 amide bonds. The van der Waals surface area contributed by atoms with Crippen molar-refractivity contribution in [3.8, 4) is 0 Å². The van der Waals surface area contributed by atoms with Crippen molar-refractivity contribution in [1.82, 2.24) is 0 Å². The maximum Gasteiger partial charge on any atom is 0.175 e. The molecule has 0 bridgehead atoms. The van der Waals surface area contributed by atoms with E-state index in [1.165, 1.54) is 12.2 Å². The van der Waals surface area contributed by atoms with Gasteiger partial charge in [0, 0.05) is 0 Å². The Bertz CT molecular complexity index is 213. The van der Waals surface area contributed by atoms with Gasteiger partial charge < -0.3 is 5.11 Å². The van der Waals surface area contributed by atoms with Gasteiger partial charge in [-0.25, -0.2) is 4.39 Å². The molecule has 0 fully saturated rings. The van der Waals surface area contributed by atoms with Crippen molar-refractivity contribution >= 4 is 0 Å². The molecule has 0 aromatic carbocycles. The average molecular weight is 140 g/mol. The fourth-order valence-corrected chi connectivity index (χ4v) is 0.699. The minimum absolute atomic E-state index is 0.229. The van der Waals surface area contributed by atoms with Gasteiger partial charge in [0.2, 0.25) is 0 Å². The second-order valence-corrected chi connectivity index (χ2v) is 2.26. The van der Waals surface area contributed by atoms with Gasteiger partial charge in [0.1, 0.15) is 5.76 Å². The maximum absolute atomic E-state index is 12.6. The van der Waals surface area contributed by atoms with Crippen LogP contribution in [0.4, 0.5) is 4.39 Å². The summed E-state index contributed by atoms with van der Waals surface area (Å²) in [4.78, 5) is 0. The highest BCUT2D eigenvalue weighted by Gasteiger charge is 2.07. The zero-order valence-electron chi connectivity index (χ0n) is 5.71. The van der Waals surface area contributed by atoms with E-state index in [2.05, 4.69) is 0 Å². The highest BCUT2D eigenvalue weighted by atomic mass is 19.1. The van der Waals surface area contributed by atoms with Gasteiger partial charge in [-0.1, -0.05) is 17.7 Å². The number of rotatable bonds is 0. The minimum Gasteiger partial charge on any atom is -0.509 e. The highest BCUT2D eigenvalue weighted by Crippen LogP contribution is 2.11. The summed E-state index contributed by atoms with van der Waals surface area (Å²) in [6.07, 6.45) is 4.68. The van der Waals surface area contributed by atoms with E-state index in [-0.39, 0.29) is 5.76 Å². The molecular weight excluding hydrogens is 131 g/mol. The largest absolute Gasteiger partial charge is 0.509 e. The lowest BCUT2D eigenvalue weighted by atomic mass is 10.3. The average Bonchev–Trinajstić information content (AvgIpc) is 2.04. The number of allylic oxidation sites excluding steroid dienone is 5. The number of halogens is 1. The summed E-state index contributed by atoms with van der Waals surface area (Å²) in [5, 5.41) is 8.87. The van der Waals surface area contributed by atoms with Gasteiger partial charge >= 0.3 is 0 Å². The third-order valence-electron chi connectivity index (χ3n) is 1.33. The van der Waals surface area contributed by atoms with E-state index < -0.39 is 6.17 Å². The molecule has 54 valence electrons. The van der Waals surface area contributed by atoms with Crippen LogP contribution in [0.15, 0.2) is 35.6 Å². The first-order valence-corrected chi connectivity index (χ1v) is 3.10. The Morgan fingerprint density at radius 2 is 2.20 bits per heavy atom. The normalized spacial score (nSPS) is 25.2. The molecule has 1 aliphatic rings. The van der Waals surface area contributed by atoms with Gasteiger partial charge in [0.15, 0.2) is 6.17 Å². The fourth-order valence-electron chi connectivity index (χ4n) is 0.699. The summed E-state index contributed by atoms with van der Waals surface area (Å²) in [6.45, 7) is 1.85. The van der Waals surface area contributed by atoms with Gasteiger partial charge in [0.25, 0.3) is 0 Å². The third kappa shape index (κ3) is 1.47. The fraction of sp³-hybridized carbons (Fsp3) is 0.250. The lowest BCUT2D eigenvalue weighted by Gasteiger charge is -1.96. The number of alkyl halides is 1. The van der Waals surface area contributed by atoms with E-state index in [1.807, 2.05) is 6.92 Å². The molecule has 10 heavy (non-hydrogen) atoms. The van der Waals surface area contributed by atoms with Crippen LogP contribution in [-0.4, -0.2) is 11.3 Å². The summed E-state index contributed by atoms with van der Waals surface area (Å²) < 4.78 is 12.6. The van der Waals surface area contributed by atoms with Gasteiger partial charge in [0.05, 0.1) is 0 Å². The van der Waals surface area contributed by atoms with Crippen LogP contribution in [0.2, 0.25) is 0 Å². The third-order valence-corrected chi connectivity index (χ3v) is 1.33. The molecule has 0 radical (unpaired) electrons. The number of aliphatic hydroxyl groups excluding tert-OH is 1. The van der Waals surface area contributed by atoms with Gasteiger partial charge in [-0.3, -0.25) is 0 Å². The Labute approximate surface area is 59.2 Å². The molecule has 0 aromatic rings. The van der Waals surface area contributed by atoms with Crippen molar-refractivity contribution in [2.24, 2.45) is 0 Å². The summed E-state index contributed by atoms with van der Waals surface area (Å²) in [6, 6.07) is 0. The maximum atomic E-state index is 12.6. The van der Waals surface area contributed by atoms with E-state index in [4.69, 9.17) is 5.11 Å². The predicted octanol–water partition coefficient (Wildman–Crippen LogP) is 2.28. The quantitative estimate of drug-likeness (QED) is 0.547. The number of hydrogen-bond donors (Lipinski definition) is 1. The summed E-state index contributed by atoms with van der Waals surface area (Å²) in [7, 11) is 0. The van der Waals surface area contributed by atoms with Crippen LogP contribution in [0.25, 0.3) is 0 Å². The first-order chi connectivity index (χ1) is 4.70. The van der Waals surface area contributed by atoms with E-state index in [0.29, 0.717) is 0 Å². The predicted molar refractivity (Wildman–Crippen MR) is 38.5 cm³/mol. The Balaban J connectivity index is 2.88. The summed E-state index contributed by atoms with van der Waals surface area (Å²) in [5.74, 6) is -0.229. The molecule has 1 aliphatic carbocycles. The zero-order chi connectivity index (χ0) is 7.56. The molecule has 1 N–H and O–H groups in total. The molecule has 0 saturated carbocycles. The molecule has 1 rings (SSSR count). The standard InChI is InChI=1S/C8H9FO/c1-6-2-4-7(9)8(10)5-3-6/h2-5,7,10H,1H3. The van der Waals surface area contributed by atoms with Gasteiger partial charge in [-0.15, -0.1) is 0 Å². The second kappa shape index (κ2) is 2.69. The van der Waals surface area contributed by atoms with Crippen LogP contribution in [0.5, 0.6) is 0 Å². The second-order valence-electron chi connectivity index (χ2n) is 2.26. The Morgan fingerprint density at radius 1 is 1.50 bits per heavy atom. The molecule has 0 heterocycles. The minimum atomic E-state index is -1.34. The molecule has 1 nitrogen and oxygen atoms in total. The van der Waals surface area contributed by atoms with Crippen LogP contribution in [0.3, 0.4) is 0 Å². The number of hydrogen-bond acceptors (Lipinski definition) is 1. The van der Waals surface area contributed by atoms with Crippen molar-refractivity contribution < 1.29 is 9.50 Å². The SMILES string of the molecule is CC1=CC=C(O)C(F)C=C1. The van der Waals surface area contributed by atoms with E-state index in [0.717, 1.165) is 5.57 Å². The van der Waals surface area contributed by atoms with Crippen molar-refractivity contribution in [2.75, 3.05) is 0 Å². The van der Waals surface area contributed by atoms with Crippen molar-refractivity contribution in [3.05, 3.63) is 35.6 Å². The first kappa shape index (κ1) is 7.06. The topological polar surface area (TPSA) is 20.2 Å². The molecule has 0 aliphatic heterocycles. The molecule has 1 unspecified atom stereocenters. The first-order valence-electron chi connectivity index (χ1n) is 3.10. The van der Waals surface area contributed by atoms with Crippen molar-refractivity contribution in [2.45, 2.75) is 13.1 Å². The van der Waals surface area contributed by atoms with E-state index in [1.54, 1.807) is 12.2 Å². The smallest absolute Gasteiger partial charge is 0.175 e. The van der Waals surface area contributed by atoms with Gasteiger partial charge in [-0.2, -0.15) is 0 Å². The molecule has 0 saturated heterocycles. The molecule has 0 aromatic heterocycles. The molecule has 0 spiro atoms. The van der Waals surface area contributed by atoms with E-state index >= 15 is 0 Å². The monoisotopic (exact) mass is 140 g/mol.